The molecule has 0 aliphatic carbocycles. The first-order valence-electron chi connectivity index (χ1n) is 8.08. The van der Waals surface area contributed by atoms with Crippen molar-refractivity contribution in [3.05, 3.63) is 35.6 Å². The summed E-state index contributed by atoms with van der Waals surface area (Å²) in [6.45, 7) is 5.76. The fraction of sp³-hybridized carbons (Fsp3) is 0.611. The number of amides is 1. The largest absolute Gasteiger partial charge is 0.383 e. The summed E-state index contributed by atoms with van der Waals surface area (Å²) in [4.78, 5) is 14.6. The summed E-state index contributed by atoms with van der Waals surface area (Å²) in [5.41, 5.74) is 0.243. The van der Waals surface area contributed by atoms with Gasteiger partial charge in [0.15, 0.2) is 0 Å². The van der Waals surface area contributed by atoms with Crippen molar-refractivity contribution in [2.45, 2.75) is 38.8 Å². The number of carbonyl (C=O) groups is 1. The highest BCUT2D eigenvalue weighted by atomic mass is 19.1. The molecule has 1 heterocycles. The molecule has 1 unspecified atom stereocenters. The first-order chi connectivity index (χ1) is 10.9. The maximum atomic E-state index is 13.9. The van der Waals surface area contributed by atoms with Crippen molar-refractivity contribution in [3.63, 3.8) is 0 Å². The molecule has 23 heavy (non-hydrogen) atoms. The lowest BCUT2D eigenvalue weighted by molar-refractivity contribution is -0.146. The second-order valence-electron chi connectivity index (χ2n) is 6.64. The highest BCUT2D eigenvalue weighted by Gasteiger charge is 2.35. The fourth-order valence-corrected chi connectivity index (χ4v) is 3.00. The SMILES string of the molecule is COCCN(Cc1ccccc1F)C(=O)C1CCOC(C)(C)C1. The van der Waals surface area contributed by atoms with E-state index >= 15 is 0 Å². The molecule has 1 saturated heterocycles. The topological polar surface area (TPSA) is 38.8 Å². The standard InChI is InChI=1S/C18H26FNO3/c1-18(2)12-14(8-10-23-18)17(21)20(9-11-22-3)13-15-6-4-5-7-16(15)19/h4-7,14H,8-13H2,1-3H3. The molecule has 1 aromatic carbocycles. The Hall–Kier alpha value is -1.46. The number of halogens is 1. The van der Waals surface area contributed by atoms with Crippen molar-refractivity contribution in [3.8, 4) is 0 Å². The van der Waals surface area contributed by atoms with Crippen LogP contribution in [0.5, 0.6) is 0 Å². The minimum atomic E-state index is -0.288. The predicted molar refractivity (Wildman–Crippen MR) is 86.4 cm³/mol. The van der Waals surface area contributed by atoms with E-state index < -0.39 is 0 Å². The van der Waals surface area contributed by atoms with Crippen LogP contribution in [0.25, 0.3) is 0 Å². The normalized spacial score (nSPS) is 20.3. The van der Waals surface area contributed by atoms with Gasteiger partial charge in [-0.15, -0.1) is 0 Å². The van der Waals surface area contributed by atoms with E-state index in [1.165, 1.54) is 6.07 Å². The molecule has 4 nitrogen and oxygen atoms in total. The van der Waals surface area contributed by atoms with Crippen molar-refractivity contribution in [1.29, 1.82) is 0 Å². The van der Waals surface area contributed by atoms with Gasteiger partial charge in [0.1, 0.15) is 5.82 Å². The molecule has 1 amide bonds. The number of benzene rings is 1. The van der Waals surface area contributed by atoms with Crippen molar-refractivity contribution in [2.75, 3.05) is 26.9 Å². The highest BCUT2D eigenvalue weighted by molar-refractivity contribution is 5.79. The van der Waals surface area contributed by atoms with Gasteiger partial charge in [-0.25, -0.2) is 4.39 Å². The molecular formula is C18H26FNO3. The van der Waals surface area contributed by atoms with Gasteiger partial charge >= 0.3 is 0 Å². The highest BCUT2D eigenvalue weighted by Crippen LogP contribution is 2.30. The van der Waals surface area contributed by atoms with E-state index in [0.29, 0.717) is 38.2 Å². The lowest BCUT2D eigenvalue weighted by Gasteiger charge is -2.37. The first-order valence-corrected chi connectivity index (χ1v) is 8.08. The van der Waals surface area contributed by atoms with E-state index in [4.69, 9.17) is 9.47 Å². The number of ether oxygens (including phenoxy) is 2. The molecule has 0 bridgehead atoms. The molecule has 0 saturated carbocycles. The minimum absolute atomic E-state index is 0.0571. The third-order valence-corrected chi connectivity index (χ3v) is 4.24. The molecule has 1 atom stereocenters. The summed E-state index contributed by atoms with van der Waals surface area (Å²) in [7, 11) is 1.60. The average molecular weight is 323 g/mol. The Morgan fingerprint density at radius 1 is 1.43 bits per heavy atom. The summed E-state index contributed by atoms with van der Waals surface area (Å²) in [5, 5.41) is 0. The van der Waals surface area contributed by atoms with Crippen LogP contribution in [0.1, 0.15) is 32.3 Å². The molecule has 0 spiro atoms. The Kier molecular flexibility index (Phi) is 6.13. The minimum Gasteiger partial charge on any atom is -0.383 e. The van der Waals surface area contributed by atoms with Crippen LogP contribution in [0.4, 0.5) is 4.39 Å². The molecule has 2 rings (SSSR count). The zero-order chi connectivity index (χ0) is 16.9. The van der Waals surface area contributed by atoms with Gasteiger partial charge in [0, 0.05) is 38.3 Å². The second kappa shape index (κ2) is 7.88. The molecule has 0 N–H and O–H groups in total. The number of hydrogen-bond donors (Lipinski definition) is 0. The van der Waals surface area contributed by atoms with Gasteiger partial charge in [-0.1, -0.05) is 18.2 Å². The van der Waals surface area contributed by atoms with Crippen molar-refractivity contribution < 1.29 is 18.7 Å². The molecular weight excluding hydrogens is 297 g/mol. The van der Waals surface area contributed by atoms with Gasteiger partial charge in [0.05, 0.1) is 12.2 Å². The van der Waals surface area contributed by atoms with Gasteiger partial charge in [-0.3, -0.25) is 4.79 Å². The monoisotopic (exact) mass is 323 g/mol. The van der Waals surface area contributed by atoms with Gasteiger partial charge in [0.25, 0.3) is 0 Å². The number of carbonyl (C=O) groups excluding carboxylic acids is 1. The number of rotatable bonds is 6. The van der Waals surface area contributed by atoms with E-state index in [1.807, 2.05) is 13.8 Å². The maximum Gasteiger partial charge on any atom is 0.226 e. The van der Waals surface area contributed by atoms with E-state index in [9.17, 15) is 9.18 Å². The van der Waals surface area contributed by atoms with Crippen LogP contribution in [-0.4, -0.2) is 43.3 Å². The van der Waals surface area contributed by atoms with Crippen LogP contribution < -0.4 is 0 Å². The van der Waals surface area contributed by atoms with Crippen molar-refractivity contribution in [2.24, 2.45) is 5.92 Å². The molecule has 1 aliphatic rings. The smallest absolute Gasteiger partial charge is 0.226 e. The first kappa shape index (κ1) is 17.9. The summed E-state index contributed by atoms with van der Waals surface area (Å²) >= 11 is 0. The summed E-state index contributed by atoms with van der Waals surface area (Å²) in [5.74, 6) is -0.306. The van der Waals surface area contributed by atoms with Crippen LogP contribution in [0, 0.1) is 11.7 Å². The van der Waals surface area contributed by atoms with Gasteiger partial charge in [-0.05, 0) is 32.8 Å². The maximum absolute atomic E-state index is 13.9. The molecule has 0 aromatic heterocycles. The van der Waals surface area contributed by atoms with Crippen LogP contribution in [0.3, 0.4) is 0 Å². The van der Waals surface area contributed by atoms with Gasteiger partial charge in [0.2, 0.25) is 5.91 Å². The van der Waals surface area contributed by atoms with Crippen LogP contribution >= 0.6 is 0 Å². The van der Waals surface area contributed by atoms with Crippen molar-refractivity contribution in [1.82, 2.24) is 4.90 Å². The zero-order valence-corrected chi connectivity index (χ0v) is 14.2. The molecule has 128 valence electrons. The molecule has 1 aromatic rings. The molecule has 1 aliphatic heterocycles. The quantitative estimate of drug-likeness (QED) is 0.808. The van der Waals surface area contributed by atoms with Crippen molar-refractivity contribution >= 4 is 5.91 Å². The Labute approximate surface area is 137 Å². The molecule has 5 heteroatoms. The fourth-order valence-electron chi connectivity index (χ4n) is 3.00. The summed E-state index contributed by atoms with van der Waals surface area (Å²) < 4.78 is 24.7. The number of methoxy groups -OCH3 is 1. The third kappa shape index (κ3) is 5.01. The van der Waals surface area contributed by atoms with Crippen LogP contribution in [0.15, 0.2) is 24.3 Å². The van der Waals surface area contributed by atoms with Gasteiger partial charge < -0.3 is 14.4 Å². The Balaban J connectivity index is 2.10. The number of hydrogen-bond acceptors (Lipinski definition) is 3. The Morgan fingerprint density at radius 3 is 2.83 bits per heavy atom. The molecule has 1 fully saturated rings. The third-order valence-electron chi connectivity index (χ3n) is 4.24. The number of nitrogens with zero attached hydrogens (tertiary/aromatic N) is 1. The van der Waals surface area contributed by atoms with E-state index in [2.05, 4.69) is 0 Å². The van der Waals surface area contributed by atoms with Gasteiger partial charge in [-0.2, -0.15) is 0 Å². The lowest BCUT2D eigenvalue weighted by atomic mass is 9.87. The Morgan fingerprint density at radius 2 is 2.17 bits per heavy atom. The van der Waals surface area contributed by atoms with E-state index in [-0.39, 0.29) is 29.8 Å². The lowest BCUT2D eigenvalue weighted by Crippen LogP contribution is -2.44. The predicted octanol–water partition coefficient (Wildman–Crippen LogP) is 3.01. The van der Waals surface area contributed by atoms with E-state index in [0.717, 1.165) is 0 Å². The summed E-state index contributed by atoms with van der Waals surface area (Å²) in [6, 6.07) is 6.58. The molecule has 0 radical (unpaired) electrons. The van der Waals surface area contributed by atoms with Crippen LogP contribution in [0.2, 0.25) is 0 Å². The Bertz CT molecular complexity index is 533. The summed E-state index contributed by atoms with van der Waals surface area (Å²) in [6.07, 6.45) is 1.40. The van der Waals surface area contributed by atoms with E-state index in [1.54, 1.807) is 30.2 Å². The second-order valence-corrected chi connectivity index (χ2v) is 6.64. The average Bonchev–Trinajstić information content (AvgIpc) is 2.51. The zero-order valence-electron chi connectivity index (χ0n) is 14.2. The van der Waals surface area contributed by atoms with Crippen LogP contribution in [-0.2, 0) is 20.8 Å².